The highest BCUT2D eigenvalue weighted by Gasteiger charge is 2.10. The maximum Gasteiger partial charge on any atom is -0.0187 e. The van der Waals surface area contributed by atoms with E-state index in [-0.39, 0.29) is 0 Å². The maximum atomic E-state index is 2.46. The number of unbranched alkanes of at least 4 members (excludes halogenated alkanes) is 10. The summed E-state index contributed by atoms with van der Waals surface area (Å²) in [5, 5.41) is 0. The topological polar surface area (TPSA) is 0 Å². The van der Waals surface area contributed by atoms with E-state index in [2.05, 4.69) is 56.3 Å². The van der Waals surface area contributed by atoms with Gasteiger partial charge in [-0.1, -0.05) is 127 Å². The fourth-order valence-electron chi connectivity index (χ4n) is 4.25. The van der Waals surface area contributed by atoms with Gasteiger partial charge in [0.15, 0.2) is 0 Å². The van der Waals surface area contributed by atoms with E-state index in [9.17, 15) is 0 Å². The summed E-state index contributed by atoms with van der Waals surface area (Å²) in [5.74, 6) is 0.766. The van der Waals surface area contributed by atoms with Crippen LogP contribution in [0.15, 0.2) is 42.5 Å². The van der Waals surface area contributed by atoms with Gasteiger partial charge in [0.05, 0.1) is 0 Å². The Balaban J connectivity index is 1.64. The number of aryl methyl sites for hydroxylation is 1. The van der Waals surface area contributed by atoms with E-state index in [1.807, 2.05) is 0 Å². The van der Waals surface area contributed by atoms with Crippen LogP contribution in [0.3, 0.4) is 0 Å². The van der Waals surface area contributed by atoms with E-state index in [4.69, 9.17) is 0 Å². The lowest BCUT2D eigenvalue weighted by Gasteiger charge is -2.16. The third kappa shape index (κ3) is 9.26. The van der Waals surface area contributed by atoms with Gasteiger partial charge in [-0.05, 0) is 48.3 Å². The molecule has 0 amide bonds. The molecule has 1 aliphatic rings. The molecule has 1 atom stereocenters. The van der Waals surface area contributed by atoms with Crippen molar-refractivity contribution in [1.82, 2.24) is 0 Å². The predicted molar refractivity (Wildman–Crippen MR) is 127 cm³/mol. The van der Waals surface area contributed by atoms with Crippen molar-refractivity contribution in [1.29, 1.82) is 0 Å². The Morgan fingerprint density at radius 3 is 1.93 bits per heavy atom. The van der Waals surface area contributed by atoms with Crippen molar-refractivity contribution in [3.8, 4) is 0 Å². The molecule has 1 aromatic carbocycles. The Bertz CT molecular complexity index is 560. The molecule has 0 radical (unpaired) electrons. The molecule has 1 unspecified atom stereocenters. The molecule has 0 aromatic heterocycles. The SMILES string of the molecule is CCCCCCCCc1ccc(C2=CCC(CCCCCCCC)C=C2)cc1. The van der Waals surface area contributed by atoms with Crippen LogP contribution in [0.4, 0.5) is 0 Å². The largest absolute Gasteiger partial charge is 0.0805 e. The highest BCUT2D eigenvalue weighted by Crippen LogP contribution is 2.27. The van der Waals surface area contributed by atoms with Crippen LogP contribution in [-0.4, -0.2) is 0 Å². The van der Waals surface area contributed by atoms with Crippen molar-refractivity contribution >= 4 is 5.57 Å². The molecular weight excluding hydrogens is 336 g/mol. The molecule has 0 heteroatoms. The number of hydrogen-bond acceptors (Lipinski definition) is 0. The van der Waals surface area contributed by atoms with Gasteiger partial charge in [-0.25, -0.2) is 0 Å². The molecule has 0 saturated heterocycles. The molecular formula is C28H44. The first kappa shape index (κ1) is 23.0. The molecule has 1 aliphatic carbocycles. The van der Waals surface area contributed by atoms with Gasteiger partial charge < -0.3 is 0 Å². The standard InChI is InChI=1S/C28H44/c1-3-5-7-9-11-13-15-25-17-21-27(22-18-25)28-23-19-26(20-24-28)16-14-12-10-8-6-4-2/h17-19,21-24,26H,3-16,20H2,1-2H3. The fourth-order valence-corrected chi connectivity index (χ4v) is 4.25. The Hall–Kier alpha value is -1.30. The highest BCUT2D eigenvalue weighted by atomic mass is 14.1. The Morgan fingerprint density at radius 2 is 1.32 bits per heavy atom. The molecule has 0 fully saturated rings. The minimum atomic E-state index is 0.766. The van der Waals surface area contributed by atoms with Gasteiger partial charge in [-0.3, -0.25) is 0 Å². The van der Waals surface area contributed by atoms with E-state index in [1.165, 1.54) is 113 Å². The zero-order valence-corrected chi connectivity index (χ0v) is 18.7. The zero-order valence-electron chi connectivity index (χ0n) is 18.7. The van der Waals surface area contributed by atoms with Gasteiger partial charge in [0.1, 0.15) is 0 Å². The molecule has 0 saturated carbocycles. The first-order valence-electron chi connectivity index (χ1n) is 12.3. The average molecular weight is 381 g/mol. The summed E-state index contributed by atoms with van der Waals surface area (Å²) < 4.78 is 0. The summed E-state index contributed by atoms with van der Waals surface area (Å²) in [6.45, 7) is 4.58. The van der Waals surface area contributed by atoms with Crippen molar-refractivity contribution in [2.24, 2.45) is 5.92 Å². The number of rotatable bonds is 15. The van der Waals surface area contributed by atoms with E-state index >= 15 is 0 Å². The lowest BCUT2D eigenvalue weighted by atomic mass is 9.89. The smallest absolute Gasteiger partial charge is 0.0187 e. The first-order chi connectivity index (χ1) is 13.8. The van der Waals surface area contributed by atoms with Crippen LogP contribution in [0, 0.1) is 5.92 Å². The van der Waals surface area contributed by atoms with Gasteiger partial charge in [-0.2, -0.15) is 0 Å². The van der Waals surface area contributed by atoms with E-state index in [0.717, 1.165) is 5.92 Å². The Labute approximate surface area is 175 Å². The van der Waals surface area contributed by atoms with E-state index in [1.54, 1.807) is 0 Å². The molecule has 156 valence electrons. The second-order valence-corrected chi connectivity index (χ2v) is 8.79. The van der Waals surface area contributed by atoms with Crippen molar-refractivity contribution in [2.75, 3.05) is 0 Å². The number of allylic oxidation sites excluding steroid dienone is 4. The third-order valence-electron chi connectivity index (χ3n) is 6.22. The van der Waals surface area contributed by atoms with Gasteiger partial charge in [0.2, 0.25) is 0 Å². The summed E-state index contributed by atoms with van der Waals surface area (Å²) in [6.07, 6.45) is 27.8. The van der Waals surface area contributed by atoms with Crippen LogP contribution in [0.1, 0.15) is 115 Å². The summed E-state index contributed by atoms with van der Waals surface area (Å²) in [4.78, 5) is 0. The van der Waals surface area contributed by atoms with Crippen LogP contribution >= 0.6 is 0 Å². The summed E-state index contributed by atoms with van der Waals surface area (Å²) in [6, 6.07) is 9.35. The molecule has 28 heavy (non-hydrogen) atoms. The van der Waals surface area contributed by atoms with Crippen molar-refractivity contribution < 1.29 is 0 Å². The minimum absolute atomic E-state index is 0.766. The summed E-state index contributed by atoms with van der Waals surface area (Å²) in [7, 11) is 0. The normalized spacial score (nSPS) is 16.4. The quantitative estimate of drug-likeness (QED) is 0.266. The van der Waals surface area contributed by atoms with Crippen molar-refractivity contribution in [3.63, 3.8) is 0 Å². The zero-order chi connectivity index (χ0) is 19.9. The van der Waals surface area contributed by atoms with Crippen LogP contribution in [0.5, 0.6) is 0 Å². The Morgan fingerprint density at radius 1 is 0.714 bits per heavy atom. The van der Waals surface area contributed by atoms with E-state index in [0.29, 0.717) is 0 Å². The second-order valence-electron chi connectivity index (χ2n) is 8.79. The second kappa shape index (κ2) is 14.7. The van der Waals surface area contributed by atoms with E-state index < -0.39 is 0 Å². The van der Waals surface area contributed by atoms with Crippen LogP contribution in [0.2, 0.25) is 0 Å². The summed E-state index contributed by atoms with van der Waals surface area (Å²) in [5.41, 5.74) is 4.31. The average Bonchev–Trinajstić information content (AvgIpc) is 2.74. The molecule has 0 aliphatic heterocycles. The van der Waals surface area contributed by atoms with Crippen LogP contribution in [-0.2, 0) is 6.42 Å². The maximum absolute atomic E-state index is 2.46. The van der Waals surface area contributed by atoms with Crippen LogP contribution < -0.4 is 0 Å². The molecule has 0 bridgehead atoms. The Kier molecular flexibility index (Phi) is 12.0. The molecule has 0 spiro atoms. The lowest BCUT2D eigenvalue weighted by Crippen LogP contribution is -2.00. The van der Waals surface area contributed by atoms with Crippen LogP contribution in [0.25, 0.3) is 5.57 Å². The van der Waals surface area contributed by atoms with Gasteiger partial charge >= 0.3 is 0 Å². The summed E-state index contributed by atoms with van der Waals surface area (Å²) >= 11 is 0. The van der Waals surface area contributed by atoms with Crippen molar-refractivity contribution in [3.05, 3.63) is 53.6 Å². The monoisotopic (exact) mass is 380 g/mol. The first-order valence-corrected chi connectivity index (χ1v) is 12.3. The van der Waals surface area contributed by atoms with Gasteiger partial charge in [0, 0.05) is 0 Å². The number of hydrogen-bond donors (Lipinski definition) is 0. The lowest BCUT2D eigenvalue weighted by molar-refractivity contribution is 0.520. The third-order valence-corrected chi connectivity index (χ3v) is 6.22. The minimum Gasteiger partial charge on any atom is -0.0805 e. The highest BCUT2D eigenvalue weighted by molar-refractivity contribution is 5.75. The number of benzene rings is 1. The molecule has 2 rings (SSSR count). The predicted octanol–water partition coefficient (Wildman–Crippen LogP) is 9.30. The van der Waals surface area contributed by atoms with Gasteiger partial charge in [0.25, 0.3) is 0 Å². The molecule has 0 heterocycles. The van der Waals surface area contributed by atoms with Gasteiger partial charge in [-0.15, -0.1) is 0 Å². The molecule has 1 aromatic rings. The van der Waals surface area contributed by atoms with Crippen molar-refractivity contribution in [2.45, 2.75) is 110 Å². The fraction of sp³-hybridized carbons (Fsp3) is 0.643. The molecule has 0 nitrogen and oxygen atoms in total. The molecule has 0 N–H and O–H groups in total.